The average molecular weight is 377 g/mol. The number of aromatic nitrogens is 2. The zero-order valence-electron chi connectivity index (χ0n) is 15.2. The molecule has 0 amide bonds. The number of benzene rings is 3. The van der Waals surface area contributed by atoms with Gasteiger partial charge in [-0.3, -0.25) is 0 Å². The van der Waals surface area contributed by atoms with Crippen molar-refractivity contribution in [2.45, 2.75) is 19.9 Å². The summed E-state index contributed by atoms with van der Waals surface area (Å²) in [5, 5.41) is 0.771. The molecule has 0 N–H and O–H groups in total. The first-order valence-corrected chi connectivity index (χ1v) is 9.46. The lowest BCUT2D eigenvalue weighted by atomic mass is 10.1. The van der Waals surface area contributed by atoms with E-state index in [4.69, 9.17) is 21.3 Å². The van der Waals surface area contributed by atoms with Crippen molar-refractivity contribution >= 4 is 22.6 Å². The van der Waals surface area contributed by atoms with Gasteiger partial charge >= 0.3 is 0 Å². The highest BCUT2D eigenvalue weighted by atomic mass is 35.5. The lowest BCUT2D eigenvalue weighted by Crippen LogP contribution is -2.12. The summed E-state index contributed by atoms with van der Waals surface area (Å²) in [7, 11) is 0. The molecule has 0 atom stereocenters. The Labute approximate surface area is 164 Å². The fourth-order valence-electron chi connectivity index (χ4n) is 3.29. The predicted octanol–water partition coefficient (Wildman–Crippen LogP) is 5.67. The first-order chi connectivity index (χ1) is 13.2. The molecule has 136 valence electrons. The van der Waals surface area contributed by atoms with Crippen LogP contribution in [0.2, 0.25) is 5.02 Å². The van der Waals surface area contributed by atoms with Gasteiger partial charge in [0.2, 0.25) is 0 Å². The fraction of sp³-hybridized carbons (Fsp3) is 0.174. The second kappa shape index (κ2) is 7.85. The van der Waals surface area contributed by atoms with E-state index < -0.39 is 0 Å². The van der Waals surface area contributed by atoms with Gasteiger partial charge in [0.25, 0.3) is 0 Å². The molecule has 3 aromatic carbocycles. The second-order valence-corrected chi connectivity index (χ2v) is 6.96. The van der Waals surface area contributed by atoms with E-state index in [2.05, 4.69) is 29.7 Å². The highest BCUT2D eigenvalue weighted by Crippen LogP contribution is 2.23. The van der Waals surface area contributed by atoms with Gasteiger partial charge in [-0.25, -0.2) is 4.98 Å². The molecule has 0 bridgehead atoms. The summed E-state index contributed by atoms with van der Waals surface area (Å²) in [5.41, 5.74) is 4.34. The van der Waals surface area contributed by atoms with Gasteiger partial charge in [-0.15, -0.1) is 0 Å². The Kier molecular flexibility index (Phi) is 5.12. The van der Waals surface area contributed by atoms with Crippen molar-refractivity contribution in [3.05, 3.63) is 94.8 Å². The fourth-order valence-corrected chi connectivity index (χ4v) is 3.49. The molecule has 0 radical (unpaired) electrons. The molecule has 0 aliphatic heterocycles. The SMILES string of the molecule is Cc1ccccc1OCCn1c(Cc2ccccc2Cl)nc2ccccc21. The summed E-state index contributed by atoms with van der Waals surface area (Å²) < 4.78 is 8.25. The molecular formula is C23H21ClN2O. The summed E-state index contributed by atoms with van der Waals surface area (Å²) in [6, 6.07) is 24.2. The van der Waals surface area contributed by atoms with Crippen molar-refractivity contribution in [2.24, 2.45) is 0 Å². The van der Waals surface area contributed by atoms with Gasteiger partial charge in [-0.1, -0.05) is 60.1 Å². The standard InChI is InChI=1S/C23H21ClN2O/c1-17-8-2-7-13-22(17)27-15-14-26-21-12-6-5-11-20(21)25-23(26)16-18-9-3-4-10-19(18)24/h2-13H,14-16H2,1H3. The van der Waals surface area contributed by atoms with E-state index in [1.54, 1.807) is 0 Å². The number of hydrogen-bond donors (Lipinski definition) is 0. The third kappa shape index (κ3) is 3.83. The van der Waals surface area contributed by atoms with Crippen molar-refractivity contribution in [3.63, 3.8) is 0 Å². The van der Waals surface area contributed by atoms with E-state index in [1.807, 2.05) is 54.6 Å². The van der Waals surface area contributed by atoms with Gasteiger partial charge in [0, 0.05) is 11.4 Å². The molecule has 1 aromatic heterocycles. The summed E-state index contributed by atoms with van der Waals surface area (Å²) in [5.74, 6) is 1.92. The number of fused-ring (bicyclic) bond motifs is 1. The largest absolute Gasteiger partial charge is 0.491 e. The Bertz CT molecular complexity index is 1070. The van der Waals surface area contributed by atoms with E-state index >= 15 is 0 Å². The third-order valence-corrected chi connectivity index (χ3v) is 5.07. The van der Waals surface area contributed by atoms with Crippen LogP contribution in [0.4, 0.5) is 0 Å². The molecular weight excluding hydrogens is 356 g/mol. The Morgan fingerprint density at radius 1 is 0.926 bits per heavy atom. The quantitative estimate of drug-likeness (QED) is 0.433. The molecule has 4 rings (SSSR count). The smallest absolute Gasteiger partial charge is 0.122 e. The Morgan fingerprint density at radius 2 is 1.67 bits per heavy atom. The maximum Gasteiger partial charge on any atom is 0.122 e. The van der Waals surface area contributed by atoms with Crippen molar-refractivity contribution in [1.29, 1.82) is 0 Å². The summed E-state index contributed by atoms with van der Waals surface area (Å²) in [4.78, 5) is 4.84. The number of hydrogen-bond acceptors (Lipinski definition) is 2. The van der Waals surface area contributed by atoms with Crippen LogP contribution in [0.15, 0.2) is 72.8 Å². The van der Waals surface area contributed by atoms with Crippen LogP contribution < -0.4 is 4.74 Å². The first kappa shape index (κ1) is 17.6. The molecule has 0 aliphatic rings. The van der Waals surface area contributed by atoms with Crippen LogP contribution in [0, 0.1) is 6.92 Å². The van der Waals surface area contributed by atoms with Crippen molar-refractivity contribution < 1.29 is 4.74 Å². The van der Waals surface area contributed by atoms with E-state index in [1.165, 1.54) is 0 Å². The molecule has 0 spiro atoms. The van der Waals surface area contributed by atoms with E-state index in [0.29, 0.717) is 13.0 Å². The van der Waals surface area contributed by atoms with Crippen LogP contribution in [0.5, 0.6) is 5.75 Å². The highest BCUT2D eigenvalue weighted by molar-refractivity contribution is 6.31. The lowest BCUT2D eigenvalue weighted by Gasteiger charge is -2.12. The van der Waals surface area contributed by atoms with E-state index in [-0.39, 0.29) is 0 Å². The van der Waals surface area contributed by atoms with Crippen LogP contribution in [0.3, 0.4) is 0 Å². The minimum Gasteiger partial charge on any atom is -0.491 e. The summed E-state index contributed by atoms with van der Waals surface area (Å²) >= 11 is 6.37. The van der Waals surface area contributed by atoms with Crippen molar-refractivity contribution in [1.82, 2.24) is 9.55 Å². The maximum atomic E-state index is 6.37. The molecule has 3 nitrogen and oxygen atoms in total. The summed E-state index contributed by atoms with van der Waals surface area (Å²) in [6.07, 6.45) is 0.693. The molecule has 0 fully saturated rings. The topological polar surface area (TPSA) is 27.1 Å². The van der Waals surface area contributed by atoms with Crippen LogP contribution in [-0.2, 0) is 13.0 Å². The third-order valence-electron chi connectivity index (χ3n) is 4.71. The molecule has 0 saturated heterocycles. The van der Waals surface area contributed by atoms with Crippen LogP contribution in [-0.4, -0.2) is 16.2 Å². The lowest BCUT2D eigenvalue weighted by molar-refractivity contribution is 0.296. The van der Waals surface area contributed by atoms with E-state index in [0.717, 1.165) is 45.3 Å². The summed E-state index contributed by atoms with van der Waals surface area (Å²) in [6.45, 7) is 3.38. The van der Waals surface area contributed by atoms with Crippen LogP contribution in [0.25, 0.3) is 11.0 Å². The van der Waals surface area contributed by atoms with Gasteiger partial charge in [-0.05, 0) is 42.3 Å². The molecule has 27 heavy (non-hydrogen) atoms. The molecule has 0 unspecified atom stereocenters. The number of nitrogens with zero attached hydrogens (tertiary/aromatic N) is 2. The Balaban J connectivity index is 1.60. The number of ether oxygens (including phenoxy) is 1. The number of para-hydroxylation sites is 3. The van der Waals surface area contributed by atoms with Crippen molar-refractivity contribution in [2.75, 3.05) is 6.61 Å². The maximum absolute atomic E-state index is 6.37. The molecule has 4 aromatic rings. The number of aryl methyl sites for hydroxylation is 1. The number of rotatable bonds is 6. The number of halogens is 1. The Morgan fingerprint density at radius 3 is 2.52 bits per heavy atom. The zero-order chi connectivity index (χ0) is 18.6. The molecule has 0 aliphatic carbocycles. The van der Waals surface area contributed by atoms with Gasteiger partial charge in [0.05, 0.1) is 17.6 Å². The van der Waals surface area contributed by atoms with Crippen LogP contribution >= 0.6 is 11.6 Å². The molecule has 0 saturated carbocycles. The number of imidazole rings is 1. The predicted molar refractivity (Wildman–Crippen MR) is 111 cm³/mol. The molecule has 4 heteroatoms. The zero-order valence-corrected chi connectivity index (χ0v) is 16.0. The van der Waals surface area contributed by atoms with Gasteiger partial charge in [-0.2, -0.15) is 0 Å². The van der Waals surface area contributed by atoms with Crippen molar-refractivity contribution in [3.8, 4) is 5.75 Å². The van der Waals surface area contributed by atoms with E-state index in [9.17, 15) is 0 Å². The van der Waals surface area contributed by atoms with Gasteiger partial charge < -0.3 is 9.30 Å². The second-order valence-electron chi connectivity index (χ2n) is 6.55. The van der Waals surface area contributed by atoms with Gasteiger partial charge in [0.15, 0.2) is 0 Å². The average Bonchev–Trinajstić information content (AvgIpc) is 3.02. The monoisotopic (exact) mass is 376 g/mol. The Hall–Kier alpha value is -2.78. The molecule has 1 heterocycles. The normalized spacial score (nSPS) is 11.0. The first-order valence-electron chi connectivity index (χ1n) is 9.08. The van der Waals surface area contributed by atoms with Crippen LogP contribution in [0.1, 0.15) is 17.0 Å². The minimum atomic E-state index is 0.584. The van der Waals surface area contributed by atoms with Gasteiger partial charge in [0.1, 0.15) is 18.2 Å². The highest BCUT2D eigenvalue weighted by Gasteiger charge is 2.12. The minimum absolute atomic E-state index is 0.584.